The number of carbonyl (C=O) groups is 2. The molecule has 154 valence electrons. The topological polar surface area (TPSA) is 61.8 Å². The third kappa shape index (κ3) is 5.99. The minimum Gasteiger partial charge on any atom is -0.479 e. The van der Waals surface area contributed by atoms with Crippen LogP contribution in [0.25, 0.3) is 0 Å². The van der Waals surface area contributed by atoms with E-state index in [-0.39, 0.29) is 5.78 Å². The summed E-state index contributed by atoms with van der Waals surface area (Å²) in [5.74, 6) is 0.667. The average Bonchev–Trinajstić information content (AvgIpc) is 2.75. The second kappa shape index (κ2) is 10.1. The van der Waals surface area contributed by atoms with Gasteiger partial charge in [0.15, 0.2) is 12.7 Å². The monoisotopic (exact) mass is 444 g/mol. The molecule has 1 unspecified atom stereocenters. The van der Waals surface area contributed by atoms with E-state index < -0.39 is 18.7 Å². The van der Waals surface area contributed by atoms with Crippen molar-refractivity contribution in [2.45, 2.75) is 13.0 Å². The van der Waals surface area contributed by atoms with Gasteiger partial charge in [-0.05, 0) is 67.6 Å². The van der Waals surface area contributed by atoms with E-state index in [4.69, 9.17) is 37.4 Å². The molecule has 0 heterocycles. The molecule has 0 fully saturated rings. The van der Waals surface area contributed by atoms with Crippen molar-refractivity contribution >= 4 is 35.0 Å². The van der Waals surface area contributed by atoms with Crippen LogP contribution in [0.4, 0.5) is 0 Å². The Morgan fingerprint density at radius 2 is 1.40 bits per heavy atom. The lowest BCUT2D eigenvalue weighted by Crippen LogP contribution is -2.28. The van der Waals surface area contributed by atoms with Gasteiger partial charge in [0.2, 0.25) is 5.78 Å². The normalized spacial score (nSPS) is 11.4. The maximum Gasteiger partial charge on any atom is 0.347 e. The van der Waals surface area contributed by atoms with E-state index in [1.807, 2.05) is 0 Å². The number of Topliss-reactive ketones (excluding diaryl/α,β-unsaturated/α-hetero) is 1. The molecule has 0 aliphatic carbocycles. The Balaban J connectivity index is 1.50. The SMILES string of the molecule is CC(Oc1ccc(Oc2ccc(Cl)cc2)cc1)C(=O)OCC(=O)c1ccccc1Cl. The standard InChI is InChI=1S/C23H18Cl2O5/c1-15(23(27)28-14-22(26)20-4-2-3-5-21(20)25)29-17-10-12-19(13-11-17)30-18-8-6-16(24)7-9-18/h2-13,15H,14H2,1H3. The van der Waals surface area contributed by atoms with E-state index in [0.717, 1.165) is 0 Å². The lowest BCUT2D eigenvalue weighted by molar-refractivity contribution is -0.149. The molecule has 0 bridgehead atoms. The van der Waals surface area contributed by atoms with Crippen molar-refractivity contribution in [3.63, 3.8) is 0 Å². The second-order valence-electron chi connectivity index (χ2n) is 6.30. The van der Waals surface area contributed by atoms with Crippen LogP contribution in [0.2, 0.25) is 10.0 Å². The van der Waals surface area contributed by atoms with E-state index in [0.29, 0.717) is 32.9 Å². The van der Waals surface area contributed by atoms with Crippen LogP contribution < -0.4 is 9.47 Å². The predicted octanol–water partition coefficient (Wildman–Crippen LogP) is 5.98. The highest BCUT2D eigenvalue weighted by molar-refractivity contribution is 6.34. The first kappa shape index (κ1) is 21.7. The van der Waals surface area contributed by atoms with Crippen LogP contribution >= 0.6 is 23.2 Å². The van der Waals surface area contributed by atoms with Crippen molar-refractivity contribution in [1.29, 1.82) is 0 Å². The zero-order valence-electron chi connectivity index (χ0n) is 16.0. The maximum absolute atomic E-state index is 12.1. The van der Waals surface area contributed by atoms with Gasteiger partial charge in [-0.15, -0.1) is 0 Å². The van der Waals surface area contributed by atoms with Crippen LogP contribution in [0.15, 0.2) is 72.8 Å². The molecule has 0 aliphatic rings. The Morgan fingerprint density at radius 3 is 2.03 bits per heavy atom. The first-order valence-corrected chi connectivity index (χ1v) is 9.82. The lowest BCUT2D eigenvalue weighted by Gasteiger charge is -2.14. The van der Waals surface area contributed by atoms with Crippen molar-refractivity contribution in [3.05, 3.63) is 88.4 Å². The van der Waals surface area contributed by atoms with Gasteiger partial charge in [-0.25, -0.2) is 4.79 Å². The predicted molar refractivity (Wildman–Crippen MR) is 115 cm³/mol. The summed E-state index contributed by atoms with van der Waals surface area (Å²) in [6, 6.07) is 20.3. The van der Waals surface area contributed by atoms with Gasteiger partial charge in [0.05, 0.1) is 5.02 Å². The highest BCUT2D eigenvalue weighted by Crippen LogP contribution is 2.25. The van der Waals surface area contributed by atoms with Gasteiger partial charge in [0, 0.05) is 10.6 Å². The highest BCUT2D eigenvalue weighted by Gasteiger charge is 2.19. The molecule has 0 saturated heterocycles. The molecule has 3 aromatic rings. The van der Waals surface area contributed by atoms with Crippen LogP contribution in [-0.2, 0) is 9.53 Å². The van der Waals surface area contributed by atoms with Gasteiger partial charge in [0.1, 0.15) is 17.2 Å². The Labute approximate surface area is 184 Å². The van der Waals surface area contributed by atoms with Crippen molar-refractivity contribution in [2.75, 3.05) is 6.61 Å². The summed E-state index contributed by atoms with van der Waals surface area (Å²) >= 11 is 11.8. The van der Waals surface area contributed by atoms with Crippen LogP contribution in [0.3, 0.4) is 0 Å². The molecule has 3 aromatic carbocycles. The van der Waals surface area contributed by atoms with Gasteiger partial charge in [-0.2, -0.15) is 0 Å². The molecule has 0 amide bonds. The molecule has 0 radical (unpaired) electrons. The third-order valence-electron chi connectivity index (χ3n) is 4.04. The summed E-state index contributed by atoms with van der Waals surface area (Å²) in [7, 11) is 0. The van der Waals surface area contributed by atoms with Crippen LogP contribution in [0.5, 0.6) is 17.2 Å². The summed E-state index contributed by atoms with van der Waals surface area (Å²) in [4.78, 5) is 24.3. The van der Waals surface area contributed by atoms with Gasteiger partial charge in [-0.1, -0.05) is 35.3 Å². The van der Waals surface area contributed by atoms with E-state index in [1.165, 1.54) is 0 Å². The first-order valence-electron chi connectivity index (χ1n) is 9.07. The van der Waals surface area contributed by atoms with Gasteiger partial charge >= 0.3 is 5.97 Å². The first-order chi connectivity index (χ1) is 14.4. The summed E-state index contributed by atoms with van der Waals surface area (Å²) in [6.45, 7) is 1.13. The Bertz CT molecular complexity index is 1020. The fraction of sp³-hybridized carbons (Fsp3) is 0.130. The molecule has 0 N–H and O–H groups in total. The molecule has 0 aromatic heterocycles. The number of rotatable bonds is 8. The number of hydrogen-bond acceptors (Lipinski definition) is 5. The lowest BCUT2D eigenvalue weighted by atomic mass is 10.1. The van der Waals surface area contributed by atoms with Crippen molar-refractivity contribution in [1.82, 2.24) is 0 Å². The Morgan fingerprint density at radius 1 is 0.833 bits per heavy atom. The van der Waals surface area contributed by atoms with Gasteiger partial charge in [0.25, 0.3) is 0 Å². The minimum atomic E-state index is -0.896. The molecule has 1 atom stereocenters. The summed E-state index contributed by atoms with van der Waals surface area (Å²) in [5.41, 5.74) is 0.303. The molecular formula is C23H18Cl2O5. The van der Waals surface area contributed by atoms with Crippen molar-refractivity contribution in [2.24, 2.45) is 0 Å². The molecule has 3 rings (SSSR count). The molecular weight excluding hydrogens is 427 g/mol. The summed E-state index contributed by atoms with van der Waals surface area (Å²) in [6.07, 6.45) is -0.896. The smallest absolute Gasteiger partial charge is 0.347 e. The number of benzene rings is 3. The van der Waals surface area contributed by atoms with Crippen LogP contribution in [0, 0.1) is 0 Å². The molecule has 5 nitrogen and oxygen atoms in total. The van der Waals surface area contributed by atoms with Crippen molar-refractivity contribution < 1.29 is 23.8 Å². The van der Waals surface area contributed by atoms with Gasteiger partial charge < -0.3 is 14.2 Å². The molecule has 0 saturated carbocycles. The minimum absolute atomic E-state index is 0.303. The second-order valence-corrected chi connectivity index (χ2v) is 7.14. The van der Waals surface area contributed by atoms with Crippen LogP contribution in [-0.4, -0.2) is 24.5 Å². The Kier molecular flexibility index (Phi) is 7.33. The van der Waals surface area contributed by atoms with Crippen LogP contribution in [0.1, 0.15) is 17.3 Å². The van der Waals surface area contributed by atoms with E-state index in [9.17, 15) is 9.59 Å². The number of halogens is 2. The zero-order valence-corrected chi connectivity index (χ0v) is 17.5. The van der Waals surface area contributed by atoms with Crippen molar-refractivity contribution in [3.8, 4) is 17.2 Å². The van der Waals surface area contributed by atoms with E-state index >= 15 is 0 Å². The largest absolute Gasteiger partial charge is 0.479 e. The molecule has 30 heavy (non-hydrogen) atoms. The number of esters is 1. The maximum atomic E-state index is 12.1. The Hall–Kier alpha value is -3.02. The number of hydrogen-bond donors (Lipinski definition) is 0. The summed E-state index contributed by atoms with van der Waals surface area (Å²) < 4.78 is 16.3. The number of ketones is 1. The number of carbonyl (C=O) groups excluding carboxylic acids is 2. The third-order valence-corrected chi connectivity index (χ3v) is 4.62. The number of ether oxygens (including phenoxy) is 3. The van der Waals surface area contributed by atoms with E-state index in [1.54, 1.807) is 79.7 Å². The molecule has 7 heteroatoms. The molecule has 0 spiro atoms. The van der Waals surface area contributed by atoms with Gasteiger partial charge in [-0.3, -0.25) is 4.79 Å². The quantitative estimate of drug-likeness (QED) is 0.315. The molecule has 0 aliphatic heterocycles. The average molecular weight is 445 g/mol. The fourth-order valence-corrected chi connectivity index (χ4v) is 2.86. The highest BCUT2D eigenvalue weighted by atomic mass is 35.5. The zero-order chi connectivity index (χ0) is 21.5. The van der Waals surface area contributed by atoms with E-state index in [2.05, 4.69) is 0 Å². The fourth-order valence-electron chi connectivity index (χ4n) is 2.50. The summed E-state index contributed by atoms with van der Waals surface area (Å²) in [5, 5.41) is 0.935.